The van der Waals surface area contributed by atoms with Crippen LogP contribution in [-0.4, -0.2) is 15.0 Å². The summed E-state index contributed by atoms with van der Waals surface area (Å²) >= 11 is 0. The second kappa shape index (κ2) is 12.3. The zero-order valence-corrected chi connectivity index (χ0v) is 26.3. The van der Waals surface area contributed by atoms with Crippen LogP contribution in [0.2, 0.25) is 0 Å². The molecule has 4 heteroatoms. The highest BCUT2D eigenvalue weighted by atomic mass is 16.3. The van der Waals surface area contributed by atoms with E-state index in [9.17, 15) is 0 Å². The minimum atomic E-state index is 0.528. The van der Waals surface area contributed by atoms with Crippen LogP contribution in [-0.2, 0) is 0 Å². The Kier molecular flexibility index (Phi) is 7.41. The second-order valence-electron chi connectivity index (χ2n) is 11.6. The van der Waals surface area contributed by atoms with Crippen LogP contribution in [0, 0.1) is 19.3 Å². The maximum absolute atomic E-state index is 6.36. The first-order chi connectivity index (χ1) is 23.7. The van der Waals surface area contributed by atoms with Crippen molar-refractivity contribution in [2.45, 2.75) is 6.92 Å². The zero-order chi connectivity index (χ0) is 32.5. The molecule has 0 atom stereocenters. The summed E-state index contributed by atoms with van der Waals surface area (Å²) < 4.78 is 6.36. The van der Waals surface area contributed by atoms with Crippen LogP contribution in [0.5, 0.6) is 0 Å². The number of aryl methyl sites for hydroxylation is 1. The maximum atomic E-state index is 6.36. The lowest BCUT2D eigenvalue weighted by atomic mass is 9.96. The van der Waals surface area contributed by atoms with E-state index in [0.717, 1.165) is 55.7 Å². The van der Waals surface area contributed by atoms with Gasteiger partial charge in [0.15, 0.2) is 17.5 Å². The monoisotopic (exact) mass is 615 g/mol. The molecular weight excluding hydrogens is 587 g/mol. The van der Waals surface area contributed by atoms with Gasteiger partial charge in [0.2, 0.25) is 0 Å². The van der Waals surface area contributed by atoms with E-state index < -0.39 is 0 Å². The Balaban J connectivity index is 1.35. The van der Waals surface area contributed by atoms with Gasteiger partial charge in [-0.05, 0) is 70.3 Å². The van der Waals surface area contributed by atoms with Gasteiger partial charge in [-0.15, -0.1) is 6.42 Å². The van der Waals surface area contributed by atoms with E-state index in [2.05, 4.69) is 90.8 Å². The van der Waals surface area contributed by atoms with E-state index in [-0.39, 0.29) is 0 Å². The van der Waals surface area contributed by atoms with Crippen LogP contribution in [0.4, 0.5) is 0 Å². The quantitative estimate of drug-likeness (QED) is 0.175. The minimum Gasteiger partial charge on any atom is -0.460 e. The molecule has 0 radical (unpaired) electrons. The van der Waals surface area contributed by atoms with Crippen LogP contribution in [0.15, 0.2) is 150 Å². The Morgan fingerprint density at radius 1 is 0.542 bits per heavy atom. The van der Waals surface area contributed by atoms with Gasteiger partial charge in [0.1, 0.15) is 11.3 Å². The fourth-order valence-corrected chi connectivity index (χ4v) is 6.27. The van der Waals surface area contributed by atoms with Crippen LogP contribution in [0.1, 0.15) is 11.3 Å². The zero-order valence-electron chi connectivity index (χ0n) is 26.3. The predicted octanol–water partition coefficient (Wildman–Crippen LogP) is 11.1. The minimum absolute atomic E-state index is 0.528. The molecule has 0 N–H and O–H groups in total. The lowest BCUT2D eigenvalue weighted by molar-refractivity contribution is 0.578. The van der Waals surface area contributed by atoms with Gasteiger partial charge < -0.3 is 4.42 Å². The molecule has 0 aliphatic carbocycles. The summed E-state index contributed by atoms with van der Waals surface area (Å²) in [4.78, 5) is 15.4. The topological polar surface area (TPSA) is 51.8 Å². The fraction of sp³-hybridized carbons (Fsp3) is 0.0227. The van der Waals surface area contributed by atoms with Crippen molar-refractivity contribution in [2.24, 2.45) is 0 Å². The molecule has 0 spiro atoms. The van der Waals surface area contributed by atoms with Crippen LogP contribution < -0.4 is 0 Å². The third-order valence-corrected chi connectivity index (χ3v) is 8.62. The summed E-state index contributed by atoms with van der Waals surface area (Å²) in [6, 6.07) is 47.9. The Labute approximate surface area is 279 Å². The summed E-state index contributed by atoms with van der Waals surface area (Å²) in [7, 11) is 0. The van der Waals surface area contributed by atoms with Crippen molar-refractivity contribution in [3.05, 3.63) is 157 Å². The SMILES string of the molecule is C#C/C=C\c1c(C)oc2c(-c3nc(-c4cccc(-c5ccccc5)c4)nc(-c4ccccc4-c4ccc5ccccc5c4)n3)cccc12. The largest absolute Gasteiger partial charge is 0.460 e. The van der Waals surface area contributed by atoms with E-state index in [1.54, 1.807) is 6.08 Å². The Morgan fingerprint density at radius 2 is 1.19 bits per heavy atom. The van der Waals surface area contributed by atoms with Gasteiger partial charge in [-0.2, -0.15) is 0 Å². The predicted molar refractivity (Wildman–Crippen MR) is 197 cm³/mol. The normalized spacial score (nSPS) is 11.3. The third kappa shape index (κ3) is 5.34. The van der Waals surface area contributed by atoms with Gasteiger partial charge in [0.25, 0.3) is 0 Å². The highest BCUT2D eigenvalue weighted by Crippen LogP contribution is 2.37. The maximum Gasteiger partial charge on any atom is 0.167 e. The number of nitrogens with zero attached hydrogens (tertiary/aromatic N) is 3. The van der Waals surface area contributed by atoms with Crippen molar-refractivity contribution in [1.82, 2.24) is 15.0 Å². The van der Waals surface area contributed by atoms with Crippen molar-refractivity contribution < 1.29 is 4.42 Å². The van der Waals surface area contributed by atoms with Crippen molar-refractivity contribution in [3.8, 4) is 68.8 Å². The molecule has 48 heavy (non-hydrogen) atoms. The Bertz CT molecular complexity index is 2540. The van der Waals surface area contributed by atoms with Crippen molar-refractivity contribution in [2.75, 3.05) is 0 Å². The van der Waals surface area contributed by atoms with Gasteiger partial charge in [-0.1, -0.05) is 127 Å². The van der Waals surface area contributed by atoms with E-state index in [0.29, 0.717) is 23.1 Å². The molecule has 0 unspecified atom stereocenters. The van der Waals surface area contributed by atoms with E-state index in [4.69, 9.17) is 25.8 Å². The number of benzene rings is 6. The number of terminal acetylenes is 1. The number of fused-ring (bicyclic) bond motifs is 2. The molecule has 8 rings (SSSR count). The lowest BCUT2D eigenvalue weighted by Crippen LogP contribution is -2.01. The number of hydrogen-bond acceptors (Lipinski definition) is 4. The van der Waals surface area contributed by atoms with Crippen molar-refractivity contribution in [1.29, 1.82) is 0 Å². The van der Waals surface area contributed by atoms with E-state index in [1.807, 2.05) is 67.6 Å². The van der Waals surface area contributed by atoms with Crippen LogP contribution in [0.3, 0.4) is 0 Å². The lowest BCUT2D eigenvalue weighted by Gasteiger charge is -2.13. The van der Waals surface area contributed by atoms with Crippen molar-refractivity contribution >= 4 is 27.8 Å². The summed E-state index contributed by atoms with van der Waals surface area (Å²) in [6.45, 7) is 1.94. The van der Waals surface area contributed by atoms with Crippen LogP contribution in [0.25, 0.3) is 84.2 Å². The second-order valence-corrected chi connectivity index (χ2v) is 11.6. The van der Waals surface area contributed by atoms with Gasteiger partial charge in [0.05, 0.1) is 5.56 Å². The van der Waals surface area contributed by atoms with Crippen molar-refractivity contribution in [3.63, 3.8) is 0 Å². The fourth-order valence-electron chi connectivity index (χ4n) is 6.27. The summed E-state index contributed by atoms with van der Waals surface area (Å²) in [6.07, 6.45) is 9.13. The molecule has 2 heterocycles. The molecule has 0 aliphatic heterocycles. The molecular formula is C44H29N3O. The number of aromatic nitrogens is 3. The number of para-hydroxylation sites is 1. The molecule has 4 nitrogen and oxygen atoms in total. The average Bonchev–Trinajstić information content (AvgIpc) is 3.48. The first kappa shape index (κ1) is 28.9. The standard InChI is InChI=1S/C44H29N3O/c1-3-4-20-36-29(2)48-41-38(36)23-13-24-40(41)44-46-42(35-19-12-18-33(28-35)30-14-6-5-7-15-30)45-43(47-44)39-22-11-10-21-37(39)34-26-25-31-16-8-9-17-32(31)27-34/h1,4-28H,2H3/b20-4-. The molecule has 0 saturated carbocycles. The molecule has 0 fully saturated rings. The molecule has 0 amide bonds. The van der Waals surface area contributed by atoms with Gasteiger partial charge in [-0.25, -0.2) is 15.0 Å². The highest BCUT2D eigenvalue weighted by Gasteiger charge is 2.20. The molecule has 0 bridgehead atoms. The summed E-state index contributed by atoms with van der Waals surface area (Å²) in [5.41, 5.74) is 8.57. The number of allylic oxidation sites excluding steroid dienone is 1. The first-order valence-corrected chi connectivity index (χ1v) is 15.8. The third-order valence-electron chi connectivity index (χ3n) is 8.62. The van der Waals surface area contributed by atoms with E-state index in [1.165, 1.54) is 10.8 Å². The molecule has 8 aromatic rings. The molecule has 0 saturated heterocycles. The number of rotatable bonds is 6. The molecule has 6 aromatic carbocycles. The number of hydrogen-bond donors (Lipinski definition) is 0. The van der Waals surface area contributed by atoms with Gasteiger partial charge >= 0.3 is 0 Å². The van der Waals surface area contributed by atoms with E-state index >= 15 is 0 Å². The smallest absolute Gasteiger partial charge is 0.167 e. The molecule has 2 aromatic heterocycles. The highest BCUT2D eigenvalue weighted by molar-refractivity contribution is 5.97. The molecule has 226 valence electrons. The van der Waals surface area contributed by atoms with Gasteiger partial charge in [-0.3, -0.25) is 0 Å². The summed E-state index contributed by atoms with van der Waals surface area (Å²) in [5.74, 6) is 5.04. The number of furan rings is 1. The first-order valence-electron chi connectivity index (χ1n) is 15.8. The van der Waals surface area contributed by atoms with Crippen LogP contribution >= 0.6 is 0 Å². The average molecular weight is 616 g/mol. The Morgan fingerprint density at radius 3 is 2.02 bits per heavy atom. The Hall–Kier alpha value is -6.57. The van der Waals surface area contributed by atoms with Gasteiger partial charge in [0, 0.05) is 22.1 Å². The summed E-state index contributed by atoms with van der Waals surface area (Å²) in [5, 5.41) is 3.32. The molecule has 0 aliphatic rings.